The van der Waals surface area contributed by atoms with Crippen LogP contribution in [-0.2, 0) is 11.3 Å². The van der Waals surface area contributed by atoms with E-state index in [1.54, 1.807) is 0 Å². The third-order valence-electron chi connectivity index (χ3n) is 5.10. The van der Waals surface area contributed by atoms with Crippen LogP contribution in [0.1, 0.15) is 12.0 Å². The van der Waals surface area contributed by atoms with Crippen molar-refractivity contribution in [2.75, 3.05) is 32.7 Å². The van der Waals surface area contributed by atoms with Gasteiger partial charge in [0.1, 0.15) is 0 Å². The minimum Gasteiger partial charge on any atom is -0.300 e. The zero-order valence-electron chi connectivity index (χ0n) is 14.4. The number of piperazine rings is 1. The summed E-state index contributed by atoms with van der Waals surface area (Å²) in [6, 6.07) is 18.5. The van der Waals surface area contributed by atoms with Crippen molar-refractivity contribution < 1.29 is 4.79 Å². The van der Waals surface area contributed by atoms with E-state index in [1.165, 1.54) is 5.56 Å². The standard InChI is InChI=1S/C21H23N3O/c25-21-19(18-8-4-5-9-20(18)22-21)10-11-23-12-14-24(15-13-23)16-17-6-2-1-3-7-17/h1-9H,10-16H2. The Labute approximate surface area is 148 Å². The summed E-state index contributed by atoms with van der Waals surface area (Å²) in [7, 11) is 0. The molecule has 0 aromatic heterocycles. The zero-order valence-corrected chi connectivity index (χ0v) is 14.4. The zero-order chi connectivity index (χ0) is 17.1. The highest BCUT2D eigenvalue weighted by Crippen LogP contribution is 2.11. The van der Waals surface area contributed by atoms with Gasteiger partial charge >= 0.3 is 0 Å². The number of nitrogens with zero attached hydrogens (tertiary/aromatic N) is 3. The maximum absolute atomic E-state index is 12.1. The predicted octanol–water partition coefficient (Wildman–Crippen LogP) is 1.20. The molecule has 0 bridgehead atoms. The Morgan fingerprint density at radius 1 is 0.840 bits per heavy atom. The SMILES string of the molecule is O=C1N=c2ccccc2=C1CCN1CCN(Cc2ccccc2)CC1. The van der Waals surface area contributed by atoms with Crippen molar-refractivity contribution in [1.82, 2.24) is 9.80 Å². The fraction of sp³-hybridized carbons (Fsp3) is 0.333. The quantitative estimate of drug-likeness (QED) is 0.825. The van der Waals surface area contributed by atoms with Crippen molar-refractivity contribution in [1.29, 1.82) is 0 Å². The molecule has 1 saturated heterocycles. The third kappa shape index (κ3) is 3.70. The lowest BCUT2D eigenvalue weighted by atomic mass is 10.1. The van der Waals surface area contributed by atoms with Crippen molar-refractivity contribution in [3.63, 3.8) is 0 Å². The summed E-state index contributed by atoms with van der Waals surface area (Å²) in [5.41, 5.74) is 2.25. The van der Waals surface area contributed by atoms with Crippen LogP contribution in [0.15, 0.2) is 59.6 Å². The van der Waals surface area contributed by atoms with Gasteiger partial charge in [0, 0.05) is 50.1 Å². The number of para-hydroxylation sites is 1. The average Bonchev–Trinajstić information content (AvgIpc) is 2.97. The van der Waals surface area contributed by atoms with Crippen LogP contribution in [0.2, 0.25) is 0 Å². The number of carbonyl (C=O) groups excluding carboxylic acids is 1. The second-order valence-corrected chi connectivity index (χ2v) is 6.77. The minimum absolute atomic E-state index is 0.0519. The highest BCUT2D eigenvalue weighted by Gasteiger charge is 2.20. The molecule has 128 valence electrons. The van der Waals surface area contributed by atoms with Crippen LogP contribution in [-0.4, -0.2) is 48.4 Å². The average molecular weight is 333 g/mol. The van der Waals surface area contributed by atoms with Gasteiger partial charge in [-0.2, -0.15) is 0 Å². The Bertz CT molecular complexity index is 868. The lowest BCUT2D eigenvalue weighted by Gasteiger charge is -2.34. The largest absolute Gasteiger partial charge is 0.300 e. The summed E-state index contributed by atoms with van der Waals surface area (Å²) in [5, 5.41) is 1.85. The molecule has 2 aliphatic heterocycles. The molecule has 1 amide bonds. The van der Waals surface area contributed by atoms with Gasteiger partial charge in [0.15, 0.2) is 0 Å². The van der Waals surface area contributed by atoms with E-state index in [4.69, 9.17) is 0 Å². The number of benzene rings is 2. The number of hydrogen-bond donors (Lipinski definition) is 0. The van der Waals surface area contributed by atoms with Crippen LogP contribution in [0.4, 0.5) is 0 Å². The van der Waals surface area contributed by atoms with Crippen LogP contribution in [0.3, 0.4) is 0 Å². The van der Waals surface area contributed by atoms with E-state index in [0.29, 0.717) is 0 Å². The maximum atomic E-state index is 12.1. The van der Waals surface area contributed by atoms with Crippen molar-refractivity contribution in [2.45, 2.75) is 13.0 Å². The molecule has 1 fully saturated rings. The lowest BCUT2D eigenvalue weighted by Crippen LogP contribution is -2.46. The summed E-state index contributed by atoms with van der Waals surface area (Å²) >= 11 is 0. The molecule has 2 aromatic carbocycles. The molecule has 0 spiro atoms. The van der Waals surface area contributed by atoms with E-state index >= 15 is 0 Å². The Kier molecular flexibility index (Phi) is 4.72. The van der Waals surface area contributed by atoms with Crippen LogP contribution in [0, 0.1) is 0 Å². The van der Waals surface area contributed by atoms with E-state index in [0.717, 1.165) is 61.8 Å². The number of amides is 1. The molecule has 0 aliphatic carbocycles. The summed E-state index contributed by atoms with van der Waals surface area (Å²) in [6.45, 7) is 6.25. The first-order valence-electron chi connectivity index (χ1n) is 8.99. The summed E-state index contributed by atoms with van der Waals surface area (Å²) < 4.78 is 0. The minimum atomic E-state index is -0.0519. The molecular weight excluding hydrogens is 310 g/mol. The Morgan fingerprint density at radius 2 is 1.52 bits per heavy atom. The van der Waals surface area contributed by atoms with E-state index in [1.807, 2.05) is 24.3 Å². The molecule has 4 nitrogen and oxygen atoms in total. The molecule has 0 atom stereocenters. The van der Waals surface area contributed by atoms with E-state index in [2.05, 4.69) is 45.1 Å². The number of rotatable bonds is 5. The Hall–Kier alpha value is -2.30. The molecule has 0 radical (unpaired) electrons. The van der Waals surface area contributed by atoms with Gasteiger partial charge < -0.3 is 4.90 Å². The van der Waals surface area contributed by atoms with E-state index in [-0.39, 0.29) is 5.91 Å². The topological polar surface area (TPSA) is 35.9 Å². The highest BCUT2D eigenvalue weighted by atomic mass is 16.1. The van der Waals surface area contributed by atoms with Crippen LogP contribution < -0.4 is 10.6 Å². The van der Waals surface area contributed by atoms with Gasteiger partial charge in [0.25, 0.3) is 5.91 Å². The molecule has 0 saturated carbocycles. The number of hydrogen-bond acceptors (Lipinski definition) is 3. The molecule has 4 rings (SSSR count). The predicted molar refractivity (Wildman–Crippen MR) is 98.4 cm³/mol. The third-order valence-corrected chi connectivity index (χ3v) is 5.10. The molecule has 0 unspecified atom stereocenters. The van der Waals surface area contributed by atoms with Crippen LogP contribution in [0.5, 0.6) is 0 Å². The monoisotopic (exact) mass is 333 g/mol. The smallest absolute Gasteiger partial charge is 0.274 e. The van der Waals surface area contributed by atoms with E-state index < -0.39 is 0 Å². The van der Waals surface area contributed by atoms with Crippen LogP contribution >= 0.6 is 0 Å². The first kappa shape index (κ1) is 16.2. The Morgan fingerprint density at radius 3 is 2.32 bits per heavy atom. The Balaban J connectivity index is 1.31. The maximum Gasteiger partial charge on any atom is 0.274 e. The first-order chi connectivity index (χ1) is 12.3. The molecule has 2 aromatic rings. The van der Waals surface area contributed by atoms with Crippen molar-refractivity contribution in [2.24, 2.45) is 4.99 Å². The van der Waals surface area contributed by atoms with Gasteiger partial charge in [-0.3, -0.25) is 9.69 Å². The van der Waals surface area contributed by atoms with Gasteiger partial charge in [-0.15, -0.1) is 0 Å². The van der Waals surface area contributed by atoms with Crippen molar-refractivity contribution in [3.8, 4) is 0 Å². The molecule has 2 heterocycles. The molecule has 0 N–H and O–H groups in total. The van der Waals surface area contributed by atoms with Crippen molar-refractivity contribution in [3.05, 3.63) is 70.7 Å². The molecule has 25 heavy (non-hydrogen) atoms. The van der Waals surface area contributed by atoms with Gasteiger partial charge in [-0.1, -0.05) is 48.5 Å². The lowest BCUT2D eigenvalue weighted by molar-refractivity contribution is -0.112. The van der Waals surface area contributed by atoms with Crippen molar-refractivity contribution >= 4 is 11.5 Å². The molecule has 4 heteroatoms. The van der Waals surface area contributed by atoms with Gasteiger partial charge in [0.05, 0.1) is 5.36 Å². The van der Waals surface area contributed by atoms with Gasteiger partial charge in [0.2, 0.25) is 0 Å². The number of carbonyl (C=O) groups is 1. The molecular formula is C21H23N3O. The summed E-state index contributed by atoms with van der Waals surface area (Å²) in [4.78, 5) is 21.2. The van der Waals surface area contributed by atoms with Gasteiger partial charge in [-0.25, -0.2) is 4.99 Å². The summed E-state index contributed by atoms with van der Waals surface area (Å²) in [5.74, 6) is -0.0519. The highest BCUT2D eigenvalue weighted by molar-refractivity contribution is 6.15. The van der Waals surface area contributed by atoms with E-state index in [9.17, 15) is 4.79 Å². The second kappa shape index (κ2) is 7.30. The van der Waals surface area contributed by atoms with Gasteiger partial charge in [-0.05, 0) is 18.1 Å². The number of fused-ring (bicyclic) bond motifs is 1. The van der Waals surface area contributed by atoms with Crippen LogP contribution in [0.25, 0.3) is 5.57 Å². The second-order valence-electron chi connectivity index (χ2n) is 6.77. The molecule has 2 aliphatic rings. The fourth-order valence-corrected chi connectivity index (χ4v) is 3.64. The normalized spacial score (nSPS) is 18.2. The summed E-state index contributed by atoms with van der Waals surface area (Å²) in [6.07, 6.45) is 0.790. The fourth-order valence-electron chi connectivity index (χ4n) is 3.64. The first-order valence-corrected chi connectivity index (χ1v) is 8.99.